The summed E-state index contributed by atoms with van der Waals surface area (Å²) in [4.78, 5) is 22.2. The molecule has 1 unspecified atom stereocenters. The summed E-state index contributed by atoms with van der Waals surface area (Å²) in [5.74, 6) is 3.45. The first-order chi connectivity index (χ1) is 8.13. The molecule has 4 nitrogen and oxygen atoms in total. The van der Waals surface area contributed by atoms with E-state index in [0.29, 0.717) is 5.56 Å². The number of carboxylic acid groups (broad SMARTS) is 1. The highest BCUT2D eigenvalue weighted by Gasteiger charge is 2.16. The lowest BCUT2D eigenvalue weighted by molar-refractivity contribution is -0.138. The first-order valence-electron chi connectivity index (χ1n) is 5.03. The second-order valence-corrected chi connectivity index (χ2v) is 3.25. The van der Waals surface area contributed by atoms with Crippen LogP contribution in [-0.2, 0) is 9.53 Å². The fourth-order valence-electron chi connectivity index (χ4n) is 1.21. The van der Waals surface area contributed by atoms with Crippen LogP contribution >= 0.6 is 0 Å². The molecule has 4 heteroatoms. The molecule has 0 aliphatic rings. The van der Waals surface area contributed by atoms with E-state index in [9.17, 15) is 9.59 Å². The molecule has 0 aliphatic carbocycles. The van der Waals surface area contributed by atoms with Crippen LogP contribution in [0.15, 0.2) is 30.3 Å². The number of hydrogen-bond donors (Lipinski definition) is 1. The van der Waals surface area contributed by atoms with Gasteiger partial charge in [0.1, 0.15) is 0 Å². The summed E-state index contributed by atoms with van der Waals surface area (Å²) in [6.45, 7) is 1.56. The third-order valence-electron chi connectivity index (χ3n) is 1.92. The largest absolute Gasteiger partial charge is 0.481 e. The van der Waals surface area contributed by atoms with Crippen LogP contribution in [0.1, 0.15) is 23.7 Å². The molecule has 0 saturated carbocycles. The Hall–Kier alpha value is -2.28. The third-order valence-corrected chi connectivity index (χ3v) is 1.92. The molecule has 0 aliphatic heterocycles. The Morgan fingerprint density at radius 2 is 2.00 bits per heavy atom. The molecular weight excluding hydrogens is 220 g/mol. The quantitative estimate of drug-likeness (QED) is 0.634. The minimum atomic E-state index is -1.06. The van der Waals surface area contributed by atoms with E-state index >= 15 is 0 Å². The fraction of sp³-hybridized carbons (Fsp3) is 0.231. The summed E-state index contributed by atoms with van der Waals surface area (Å²) in [7, 11) is 0. The van der Waals surface area contributed by atoms with Gasteiger partial charge in [0, 0.05) is 0 Å². The lowest BCUT2D eigenvalue weighted by Crippen LogP contribution is -2.20. The Balaban J connectivity index is 2.70. The maximum absolute atomic E-state index is 11.6. The Kier molecular flexibility index (Phi) is 4.77. The van der Waals surface area contributed by atoms with E-state index in [0.717, 1.165) is 0 Å². The Morgan fingerprint density at radius 3 is 2.53 bits per heavy atom. The molecule has 17 heavy (non-hydrogen) atoms. The van der Waals surface area contributed by atoms with Crippen LogP contribution in [0.3, 0.4) is 0 Å². The zero-order valence-electron chi connectivity index (χ0n) is 9.34. The Labute approximate surface area is 99.2 Å². The van der Waals surface area contributed by atoms with Crippen molar-refractivity contribution in [2.24, 2.45) is 0 Å². The van der Waals surface area contributed by atoms with E-state index in [1.165, 1.54) is 0 Å². The summed E-state index contributed by atoms with van der Waals surface area (Å²) in [5, 5.41) is 8.63. The fourth-order valence-corrected chi connectivity index (χ4v) is 1.21. The molecule has 0 fully saturated rings. The van der Waals surface area contributed by atoms with Gasteiger partial charge < -0.3 is 9.84 Å². The minimum absolute atomic E-state index is 0.320. The van der Waals surface area contributed by atoms with E-state index in [-0.39, 0.29) is 6.42 Å². The van der Waals surface area contributed by atoms with Gasteiger partial charge in [-0.1, -0.05) is 24.1 Å². The van der Waals surface area contributed by atoms with E-state index in [1.807, 2.05) is 0 Å². The molecule has 88 valence electrons. The van der Waals surface area contributed by atoms with Gasteiger partial charge in [0.05, 0.1) is 12.0 Å². The van der Waals surface area contributed by atoms with Gasteiger partial charge in [0.2, 0.25) is 0 Å². The molecule has 0 heterocycles. The second kappa shape index (κ2) is 6.33. The first kappa shape index (κ1) is 12.8. The maximum Gasteiger partial charge on any atom is 0.339 e. The molecule has 1 rings (SSSR count). The number of benzene rings is 1. The van der Waals surface area contributed by atoms with E-state index in [1.54, 1.807) is 37.3 Å². The summed E-state index contributed by atoms with van der Waals surface area (Å²) in [5.41, 5.74) is 0.376. The minimum Gasteiger partial charge on any atom is -0.481 e. The molecule has 0 spiro atoms. The number of carbonyl (C=O) groups is 2. The SMILES string of the molecule is CC#CC(CC(=O)O)OC(=O)c1ccccc1. The van der Waals surface area contributed by atoms with Crippen molar-refractivity contribution in [3.63, 3.8) is 0 Å². The van der Waals surface area contributed by atoms with Crippen LogP contribution in [0.25, 0.3) is 0 Å². The number of carbonyl (C=O) groups excluding carboxylic acids is 1. The van der Waals surface area contributed by atoms with Gasteiger partial charge in [-0.2, -0.15) is 0 Å². The zero-order chi connectivity index (χ0) is 12.7. The van der Waals surface area contributed by atoms with E-state index in [2.05, 4.69) is 11.8 Å². The van der Waals surface area contributed by atoms with Crippen molar-refractivity contribution in [1.29, 1.82) is 0 Å². The van der Waals surface area contributed by atoms with Crippen LogP contribution < -0.4 is 0 Å². The van der Waals surface area contributed by atoms with Gasteiger partial charge in [-0.25, -0.2) is 4.79 Å². The van der Waals surface area contributed by atoms with Crippen molar-refractivity contribution in [3.05, 3.63) is 35.9 Å². The summed E-state index contributed by atoms with van der Waals surface area (Å²) < 4.78 is 4.99. The molecular formula is C13H12O4. The van der Waals surface area contributed by atoms with Crippen LogP contribution in [0.5, 0.6) is 0 Å². The van der Waals surface area contributed by atoms with Gasteiger partial charge in [-0.05, 0) is 19.1 Å². The van der Waals surface area contributed by atoms with Gasteiger partial charge in [0.15, 0.2) is 6.10 Å². The predicted octanol–water partition coefficient (Wildman–Crippen LogP) is 1.71. The Bertz CT molecular complexity index is 453. The summed E-state index contributed by atoms with van der Waals surface area (Å²) >= 11 is 0. The van der Waals surface area contributed by atoms with E-state index < -0.39 is 18.0 Å². The average molecular weight is 232 g/mol. The van der Waals surface area contributed by atoms with Gasteiger partial charge in [0.25, 0.3) is 0 Å². The van der Waals surface area contributed by atoms with Crippen molar-refractivity contribution in [2.45, 2.75) is 19.4 Å². The second-order valence-electron chi connectivity index (χ2n) is 3.25. The number of esters is 1. The third kappa shape index (κ3) is 4.39. The predicted molar refractivity (Wildman–Crippen MR) is 61.3 cm³/mol. The smallest absolute Gasteiger partial charge is 0.339 e. The maximum atomic E-state index is 11.6. The van der Waals surface area contributed by atoms with Crippen LogP contribution in [0, 0.1) is 11.8 Å². The lowest BCUT2D eigenvalue weighted by Gasteiger charge is -2.10. The lowest BCUT2D eigenvalue weighted by atomic mass is 10.2. The number of rotatable bonds is 4. The summed E-state index contributed by atoms with van der Waals surface area (Å²) in [6, 6.07) is 8.37. The molecule has 0 amide bonds. The van der Waals surface area contributed by atoms with E-state index in [4.69, 9.17) is 9.84 Å². The van der Waals surface area contributed by atoms with Gasteiger partial charge >= 0.3 is 11.9 Å². The van der Waals surface area contributed by atoms with Crippen molar-refractivity contribution >= 4 is 11.9 Å². The summed E-state index contributed by atoms with van der Waals surface area (Å²) in [6.07, 6.45) is -1.23. The van der Waals surface area contributed by atoms with Crippen molar-refractivity contribution in [1.82, 2.24) is 0 Å². The molecule has 1 N–H and O–H groups in total. The van der Waals surface area contributed by atoms with Gasteiger partial charge in [-0.3, -0.25) is 4.79 Å². The number of carboxylic acids is 1. The Morgan fingerprint density at radius 1 is 1.35 bits per heavy atom. The number of hydrogen-bond acceptors (Lipinski definition) is 3. The molecule has 1 atom stereocenters. The highest BCUT2D eigenvalue weighted by molar-refractivity contribution is 5.89. The van der Waals surface area contributed by atoms with Crippen molar-refractivity contribution < 1.29 is 19.4 Å². The molecule has 1 aromatic rings. The van der Waals surface area contributed by atoms with Crippen molar-refractivity contribution in [3.8, 4) is 11.8 Å². The van der Waals surface area contributed by atoms with Crippen LogP contribution in [0.4, 0.5) is 0 Å². The first-order valence-corrected chi connectivity index (χ1v) is 5.03. The highest BCUT2D eigenvalue weighted by atomic mass is 16.5. The topological polar surface area (TPSA) is 63.6 Å². The molecule has 0 radical (unpaired) electrons. The normalized spacial score (nSPS) is 10.9. The molecule has 0 saturated heterocycles. The molecule has 0 bridgehead atoms. The number of ether oxygens (including phenoxy) is 1. The van der Waals surface area contributed by atoms with Gasteiger partial charge in [-0.15, -0.1) is 5.92 Å². The average Bonchev–Trinajstić information content (AvgIpc) is 2.29. The molecule has 1 aromatic carbocycles. The zero-order valence-corrected chi connectivity index (χ0v) is 9.34. The van der Waals surface area contributed by atoms with Crippen molar-refractivity contribution in [2.75, 3.05) is 0 Å². The number of aliphatic carboxylic acids is 1. The highest BCUT2D eigenvalue weighted by Crippen LogP contribution is 2.06. The van der Waals surface area contributed by atoms with Crippen LogP contribution in [0.2, 0.25) is 0 Å². The molecule has 0 aromatic heterocycles. The van der Waals surface area contributed by atoms with Crippen LogP contribution in [-0.4, -0.2) is 23.1 Å². The monoisotopic (exact) mass is 232 g/mol. The standard InChI is InChI=1S/C13H12O4/c1-2-6-11(9-12(14)15)17-13(16)10-7-4-3-5-8-10/h3-5,7-8,11H,9H2,1H3,(H,14,15).